The fourth-order valence-corrected chi connectivity index (χ4v) is 2.05. The Bertz CT molecular complexity index is 385. The van der Waals surface area contributed by atoms with E-state index in [1.165, 1.54) is 17.6 Å². The number of aryl methyl sites for hydroxylation is 1. The van der Waals surface area contributed by atoms with Crippen LogP contribution in [0.5, 0.6) is 0 Å². The Morgan fingerprint density at radius 2 is 2.00 bits per heavy atom. The fraction of sp³-hybridized carbons (Fsp3) is 0.462. The predicted molar refractivity (Wildman–Crippen MR) is 61.6 cm³/mol. The lowest BCUT2D eigenvalue weighted by molar-refractivity contribution is -0.185. The van der Waals surface area contributed by atoms with Crippen LogP contribution in [0, 0.1) is 6.92 Å². The molecular weight excluding hydrogens is 202 g/mol. The minimum absolute atomic E-state index is 0.0134. The average molecular weight is 219 g/mol. The van der Waals surface area contributed by atoms with Crippen LogP contribution in [0.1, 0.15) is 37.5 Å². The molecule has 2 rings (SSSR count). The molecule has 1 amide bonds. The van der Waals surface area contributed by atoms with E-state index in [0.717, 1.165) is 12.0 Å². The summed E-state index contributed by atoms with van der Waals surface area (Å²) in [6.45, 7) is 5.60. The minimum atomic E-state index is -0.0258. The van der Waals surface area contributed by atoms with Gasteiger partial charge in [0.25, 0.3) is 0 Å². The summed E-state index contributed by atoms with van der Waals surface area (Å²) in [7, 11) is 0. The Hall–Kier alpha value is -1.35. The summed E-state index contributed by atoms with van der Waals surface area (Å²) in [5.74, 6) is -0.0258. The minimum Gasteiger partial charge on any atom is -0.273 e. The van der Waals surface area contributed by atoms with Crippen molar-refractivity contribution in [2.45, 2.75) is 39.3 Å². The van der Waals surface area contributed by atoms with Gasteiger partial charge in [-0.3, -0.25) is 9.63 Å². The van der Waals surface area contributed by atoms with Crippen LogP contribution in [0.4, 0.5) is 0 Å². The van der Waals surface area contributed by atoms with E-state index in [1.54, 1.807) is 0 Å². The highest BCUT2D eigenvalue weighted by atomic mass is 16.7. The Morgan fingerprint density at radius 1 is 1.38 bits per heavy atom. The van der Waals surface area contributed by atoms with Crippen molar-refractivity contribution in [1.82, 2.24) is 5.06 Å². The van der Waals surface area contributed by atoms with E-state index in [-0.39, 0.29) is 18.1 Å². The van der Waals surface area contributed by atoms with Crippen LogP contribution in [-0.2, 0) is 9.63 Å². The lowest BCUT2D eigenvalue weighted by atomic mass is 10.0. The summed E-state index contributed by atoms with van der Waals surface area (Å²) >= 11 is 0. The van der Waals surface area contributed by atoms with Crippen molar-refractivity contribution in [2.24, 2.45) is 0 Å². The second-order valence-corrected chi connectivity index (χ2v) is 4.43. The first kappa shape index (κ1) is 11.1. The highest BCUT2D eigenvalue weighted by molar-refractivity contribution is 5.72. The first-order valence-corrected chi connectivity index (χ1v) is 5.61. The largest absolute Gasteiger partial charge is 0.273 e. The van der Waals surface area contributed by atoms with E-state index >= 15 is 0 Å². The number of rotatable bonds is 1. The maximum Gasteiger partial charge on any atom is 0.243 e. The number of benzene rings is 1. The fourth-order valence-electron chi connectivity index (χ4n) is 2.05. The van der Waals surface area contributed by atoms with Crippen LogP contribution in [0.2, 0.25) is 0 Å². The zero-order valence-corrected chi connectivity index (χ0v) is 9.93. The second-order valence-electron chi connectivity index (χ2n) is 4.43. The number of hydrogen-bond donors (Lipinski definition) is 0. The van der Waals surface area contributed by atoms with Crippen molar-refractivity contribution < 1.29 is 9.63 Å². The number of hydrogen-bond acceptors (Lipinski definition) is 2. The van der Waals surface area contributed by atoms with Gasteiger partial charge in [-0.15, -0.1) is 0 Å². The third-order valence-electron chi connectivity index (χ3n) is 2.96. The molecule has 1 fully saturated rings. The number of amides is 1. The Balaban J connectivity index is 2.13. The molecule has 0 N–H and O–H groups in total. The van der Waals surface area contributed by atoms with Gasteiger partial charge in [0.2, 0.25) is 5.91 Å². The summed E-state index contributed by atoms with van der Waals surface area (Å²) < 4.78 is 0. The van der Waals surface area contributed by atoms with Crippen molar-refractivity contribution >= 4 is 5.91 Å². The molecule has 2 unspecified atom stereocenters. The SMILES string of the molecule is CC(=O)N1OC(c2ccc(C)cc2)CC1C. The summed E-state index contributed by atoms with van der Waals surface area (Å²) in [5.41, 5.74) is 2.37. The molecule has 16 heavy (non-hydrogen) atoms. The van der Waals surface area contributed by atoms with Gasteiger partial charge in [-0.05, 0) is 19.4 Å². The monoisotopic (exact) mass is 219 g/mol. The van der Waals surface area contributed by atoms with Gasteiger partial charge in [0, 0.05) is 13.3 Å². The molecule has 1 heterocycles. The van der Waals surface area contributed by atoms with Crippen molar-refractivity contribution in [1.29, 1.82) is 0 Å². The second kappa shape index (κ2) is 4.26. The molecule has 1 saturated heterocycles. The Labute approximate surface area is 96.0 Å². The normalized spacial score (nSPS) is 24.8. The molecular formula is C13H17NO2. The van der Waals surface area contributed by atoms with Gasteiger partial charge in [0.1, 0.15) is 6.10 Å². The summed E-state index contributed by atoms with van der Waals surface area (Å²) in [6, 6.07) is 8.43. The zero-order valence-electron chi connectivity index (χ0n) is 9.93. The number of nitrogens with zero attached hydrogens (tertiary/aromatic N) is 1. The number of hydroxylamine groups is 2. The zero-order chi connectivity index (χ0) is 11.7. The molecule has 0 bridgehead atoms. The van der Waals surface area contributed by atoms with E-state index < -0.39 is 0 Å². The van der Waals surface area contributed by atoms with E-state index in [4.69, 9.17) is 4.84 Å². The highest BCUT2D eigenvalue weighted by Crippen LogP contribution is 2.32. The Kier molecular flexibility index (Phi) is 2.97. The van der Waals surface area contributed by atoms with Gasteiger partial charge >= 0.3 is 0 Å². The maximum absolute atomic E-state index is 11.3. The highest BCUT2D eigenvalue weighted by Gasteiger charge is 2.33. The van der Waals surface area contributed by atoms with Gasteiger partial charge in [-0.2, -0.15) is 0 Å². The first-order valence-electron chi connectivity index (χ1n) is 5.61. The molecule has 1 aromatic carbocycles. The molecule has 3 nitrogen and oxygen atoms in total. The van der Waals surface area contributed by atoms with Crippen molar-refractivity contribution in [3.8, 4) is 0 Å². The summed E-state index contributed by atoms with van der Waals surface area (Å²) in [4.78, 5) is 16.9. The van der Waals surface area contributed by atoms with Crippen LogP contribution in [-0.4, -0.2) is 17.0 Å². The topological polar surface area (TPSA) is 29.5 Å². The van der Waals surface area contributed by atoms with Crippen molar-refractivity contribution in [2.75, 3.05) is 0 Å². The van der Waals surface area contributed by atoms with E-state index in [2.05, 4.69) is 31.2 Å². The quantitative estimate of drug-likeness (QED) is 0.726. The molecule has 2 atom stereocenters. The first-order chi connectivity index (χ1) is 7.58. The van der Waals surface area contributed by atoms with E-state index in [9.17, 15) is 4.79 Å². The molecule has 3 heteroatoms. The van der Waals surface area contributed by atoms with Crippen LogP contribution >= 0.6 is 0 Å². The third-order valence-corrected chi connectivity index (χ3v) is 2.96. The average Bonchev–Trinajstić information content (AvgIpc) is 2.61. The van der Waals surface area contributed by atoms with Crippen LogP contribution in [0.15, 0.2) is 24.3 Å². The third kappa shape index (κ3) is 2.09. The van der Waals surface area contributed by atoms with E-state index in [0.29, 0.717) is 0 Å². The molecule has 1 aliphatic heterocycles. The van der Waals surface area contributed by atoms with E-state index in [1.807, 2.05) is 6.92 Å². The molecule has 0 saturated carbocycles. The van der Waals surface area contributed by atoms with Gasteiger partial charge in [-0.25, -0.2) is 5.06 Å². The molecule has 0 radical (unpaired) electrons. The predicted octanol–water partition coefficient (Wildman–Crippen LogP) is 2.61. The van der Waals surface area contributed by atoms with Crippen molar-refractivity contribution in [3.63, 3.8) is 0 Å². The smallest absolute Gasteiger partial charge is 0.243 e. The standard InChI is InChI=1S/C13H17NO2/c1-9-4-6-12(7-5-9)13-8-10(2)14(16-13)11(3)15/h4-7,10,13H,8H2,1-3H3. The maximum atomic E-state index is 11.3. The van der Waals surface area contributed by atoms with Gasteiger partial charge < -0.3 is 0 Å². The van der Waals surface area contributed by atoms with Gasteiger partial charge in [0.05, 0.1) is 6.04 Å². The van der Waals surface area contributed by atoms with Gasteiger partial charge in [-0.1, -0.05) is 29.8 Å². The van der Waals surface area contributed by atoms with Crippen LogP contribution < -0.4 is 0 Å². The molecule has 1 aromatic rings. The van der Waals surface area contributed by atoms with Crippen LogP contribution in [0.25, 0.3) is 0 Å². The molecule has 0 spiro atoms. The Morgan fingerprint density at radius 3 is 2.50 bits per heavy atom. The van der Waals surface area contributed by atoms with Gasteiger partial charge in [0.15, 0.2) is 0 Å². The molecule has 0 aliphatic carbocycles. The molecule has 1 aliphatic rings. The number of carbonyl (C=O) groups is 1. The van der Waals surface area contributed by atoms with Crippen molar-refractivity contribution in [3.05, 3.63) is 35.4 Å². The summed E-state index contributed by atoms with van der Waals surface area (Å²) in [6.07, 6.45) is 0.877. The molecule has 86 valence electrons. The lowest BCUT2D eigenvalue weighted by Crippen LogP contribution is -2.30. The molecule has 0 aromatic heterocycles. The van der Waals surface area contributed by atoms with Crippen LogP contribution in [0.3, 0.4) is 0 Å². The number of carbonyl (C=O) groups excluding carboxylic acids is 1. The summed E-state index contributed by atoms with van der Waals surface area (Å²) in [5, 5.41) is 1.48. The lowest BCUT2D eigenvalue weighted by Gasteiger charge is -2.17.